The Hall–Kier alpha value is -1.13. The van der Waals surface area contributed by atoms with Gasteiger partial charge in [-0.25, -0.2) is 0 Å². The van der Waals surface area contributed by atoms with Gasteiger partial charge in [-0.05, 0) is 30.2 Å². The summed E-state index contributed by atoms with van der Waals surface area (Å²) in [5.41, 5.74) is 3.18. The first kappa shape index (κ1) is 15.8. The van der Waals surface area contributed by atoms with Crippen LogP contribution in [0.2, 0.25) is 10.0 Å². The molecule has 22 heavy (non-hydrogen) atoms. The first-order valence-corrected chi connectivity index (χ1v) is 8.23. The predicted molar refractivity (Wildman–Crippen MR) is 91.7 cm³/mol. The van der Waals surface area contributed by atoms with Crippen LogP contribution in [0, 0.1) is 6.92 Å². The number of rotatable bonds is 3. The molecule has 1 aliphatic rings. The molecule has 0 radical (unpaired) electrons. The number of hydrogen-bond acceptors (Lipinski definition) is 3. The van der Waals surface area contributed by atoms with Crippen molar-refractivity contribution in [1.29, 1.82) is 0 Å². The number of piperazine rings is 1. The summed E-state index contributed by atoms with van der Waals surface area (Å²) in [5, 5.41) is 4.60. The Kier molecular flexibility index (Phi) is 4.99. The maximum Gasteiger partial charge on any atom is 0.0792 e. The third-order valence-corrected chi connectivity index (χ3v) is 4.84. The van der Waals surface area contributed by atoms with E-state index < -0.39 is 0 Å². The van der Waals surface area contributed by atoms with Crippen molar-refractivity contribution >= 4 is 23.2 Å². The smallest absolute Gasteiger partial charge is 0.0792 e. The Balaban J connectivity index is 2.05. The average Bonchev–Trinajstić information content (AvgIpc) is 2.54. The fourth-order valence-corrected chi connectivity index (χ4v) is 3.27. The van der Waals surface area contributed by atoms with Crippen molar-refractivity contribution < 1.29 is 0 Å². The summed E-state index contributed by atoms with van der Waals surface area (Å²) in [6, 6.07) is 10.0. The van der Waals surface area contributed by atoms with E-state index in [1.165, 1.54) is 0 Å². The van der Waals surface area contributed by atoms with Gasteiger partial charge in [-0.1, -0.05) is 41.4 Å². The van der Waals surface area contributed by atoms with Gasteiger partial charge >= 0.3 is 0 Å². The van der Waals surface area contributed by atoms with E-state index in [-0.39, 0.29) is 6.04 Å². The van der Waals surface area contributed by atoms with Crippen LogP contribution in [0.25, 0.3) is 0 Å². The molecule has 1 aliphatic heterocycles. The molecule has 1 aromatic heterocycles. The lowest BCUT2D eigenvalue weighted by atomic mass is 10.00. The minimum atomic E-state index is 0.0360. The first-order chi connectivity index (χ1) is 10.7. The normalized spacial score (nSPS) is 17.4. The molecule has 3 nitrogen and oxygen atoms in total. The largest absolute Gasteiger partial charge is 0.314 e. The molecule has 0 bridgehead atoms. The van der Waals surface area contributed by atoms with E-state index >= 15 is 0 Å². The highest BCUT2D eigenvalue weighted by Crippen LogP contribution is 2.36. The van der Waals surface area contributed by atoms with Gasteiger partial charge in [0.2, 0.25) is 0 Å². The molecule has 2 heterocycles. The van der Waals surface area contributed by atoms with E-state index in [2.05, 4.69) is 27.3 Å². The van der Waals surface area contributed by atoms with Gasteiger partial charge in [0.15, 0.2) is 0 Å². The second-order valence-electron chi connectivity index (χ2n) is 5.59. The lowest BCUT2D eigenvalue weighted by Gasteiger charge is -2.35. The molecular formula is C17H19Cl2N3. The average molecular weight is 336 g/mol. The van der Waals surface area contributed by atoms with Crippen LogP contribution in [0.4, 0.5) is 0 Å². The third-order valence-electron chi connectivity index (χ3n) is 4.01. The topological polar surface area (TPSA) is 28.2 Å². The maximum atomic E-state index is 6.49. The minimum absolute atomic E-state index is 0.0360. The van der Waals surface area contributed by atoms with Crippen LogP contribution in [0.15, 0.2) is 36.5 Å². The number of aromatic nitrogens is 1. The minimum Gasteiger partial charge on any atom is -0.314 e. The number of hydrogen-bond donors (Lipinski definition) is 1. The fraction of sp³-hybridized carbons (Fsp3) is 0.353. The van der Waals surface area contributed by atoms with Crippen LogP contribution >= 0.6 is 23.2 Å². The molecule has 116 valence electrons. The second-order valence-corrected chi connectivity index (χ2v) is 6.38. The summed E-state index contributed by atoms with van der Waals surface area (Å²) in [6.07, 6.45) is 1.91. The number of benzene rings is 1. The Morgan fingerprint density at radius 1 is 1.14 bits per heavy atom. The van der Waals surface area contributed by atoms with Crippen molar-refractivity contribution in [1.82, 2.24) is 15.2 Å². The molecule has 1 saturated heterocycles. The molecule has 0 aliphatic carbocycles. The molecule has 0 amide bonds. The van der Waals surface area contributed by atoms with E-state index in [4.69, 9.17) is 23.2 Å². The van der Waals surface area contributed by atoms with Crippen LogP contribution in [-0.4, -0.2) is 36.1 Å². The van der Waals surface area contributed by atoms with Gasteiger partial charge < -0.3 is 5.32 Å². The van der Waals surface area contributed by atoms with Crippen LogP contribution in [0.3, 0.4) is 0 Å². The summed E-state index contributed by atoms with van der Waals surface area (Å²) >= 11 is 12.7. The van der Waals surface area contributed by atoms with Crippen LogP contribution in [0.1, 0.15) is 22.9 Å². The van der Waals surface area contributed by atoms with Gasteiger partial charge in [-0.15, -0.1) is 0 Å². The molecule has 0 spiro atoms. The zero-order chi connectivity index (χ0) is 15.5. The van der Waals surface area contributed by atoms with E-state index in [0.717, 1.165) is 43.0 Å². The van der Waals surface area contributed by atoms with Crippen LogP contribution in [-0.2, 0) is 0 Å². The van der Waals surface area contributed by atoms with E-state index in [1.807, 2.05) is 31.3 Å². The van der Waals surface area contributed by atoms with E-state index in [0.29, 0.717) is 10.0 Å². The van der Waals surface area contributed by atoms with Gasteiger partial charge in [0, 0.05) is 32.4 Å². The molecule has 2 aromatic rings. The highest BCUT2D eigenvalue weighted by Gasteiger charge is 2.27. The van der Waals surface area contributed by atoms with Crippen molar-refractivity contribution in [3.63, 3.8) is 0 Å². The summed E-state index contributed by atoms with van der Waals surface area (Å²) < 4.78 is 0. The van der Waals surface area contributed by atoms with Crippen molar-refractivity contribution in [2.45, 2.75) is 13.0 Å². The Morgan fingerprint density at radius 3 is 2.59 bits per heavy atom. The lowest BCUT2D eigenvalue weighted by Crippen LogP contribution is -2.45. The second kappa shape index (κ2) is 6.97. The molecule has 5 heteroatoms. The fourth-order valence-electron chi connectivity index (χ4n) is 2.86. The number of aryl methyl sites for hydroxylation is 1. The lowest BCUT2D eigenvalue weighted by molar-refractivity contribution is 0.195. The molecule has 1 unspecified atom stereocenters. The standard InChI is InChI=1S/C17H19Cl2N3/c1-12-5-6-15(21-11-12)17(22-9-7-20-8-10-22)13-3-2-4-14(18)16(13)19/h2-6,11,17,20H,7-10H2,1H3. The van der Waals surface area contributed by atoms with Gasteiger partial charge in [-0.2, -0.15) is 0 Å². The molecule has 1 fully saturated rings. The zero-order valence-corrected chi connectivity index (χ0v) is 14.0. The van der Waals surface area contributed by atoms with Gasteiger partial charge in [0.05, 0.1) is 21.8 Å². The van der Waals surface area contributed by atoms with E-state index in [9.17, 15) is 0 Å². The summed E-state index contributed by atoms with van der Waals surface area (Å²) in [5.74, 6) is 0. The van der Waals surface area contributed by atoms with Crippen LogP contribution in [0.5, 0.6) is 0 Å². The molecule has 3 rings (SSSR count). The van der Waals surface area contributed by atoms with Crippen molar-refractivity contribution in [2.75, 3.05) is 26.2 Å². The summed E-state index contributed by atoms with van der Waals surface area (Å²) in [6.45, 7) is 5.91. The summed E-state index contributed by atoms with van der Waals surface area (Å²) in [4.78, 5) is 7.05. The molecular weight excluding hydrogens is 317 g/mol. The number of pyridine rings is 1. The van der Waals surface area contributed by atoms with Crippen molar-refractivity contribution in [3.05, 3.63) is 63.4 Å². The zero-order valence-electron chi connectivity index (χ0n) is 12.5. The number of halogens is 2. The van der Waals surface area contributed by atoms with Crippen molar-refractivity contribution in [3.8, 4) is 0 Å². The SMILES string of the molecule is Cc1ccc(C(c2cccc(Cl)c2Cl)N2CCNCC2)nc1. The first-order valence-electron chi connectivity index (χ1n) is 7.48. The molecule has 1 aromatic carbocycles. The highest BCUT2D eigenvalue weighted by molar-refractivity contribution is 6.42. The number of nitrogens with zero attached hydrogens (tertiary/aromatic N) is 2. The highest BCUT2D eigenvalue weighted by atomic mass is 35.5. The third kappa shape index (κ3) is 3.28. The Labute approximate surface area is 141 Å². The van der Waals surface area contributed by atoms with Gasteiger partial charge in [0.1, 0.15) is 0 Å². The quantitative estimate of drug-likeness (QED) is 0.927. The molecule has 1 atom stereocenters. The van der Waals surface area contributed by atoms with Gasteiger partial charge in [-0.3, -0.25) is 9.88 Å². The monoisotopic (exact) mass is 335 g/mol. The van der Waals surface area contributed by atoms with E-state index in [1.54, 1.807) is 0 Å². The molecule has 1 N–H and O–H groups in total. The Bertz CT molecular complexity index is 637. The van der Waals surface area contributed by atoms with Crippen LogP contribution < -0.4 is 5.32 Å². The number of nitrogens with one attached hydrogen (secondary N) is 1. The molecule has 0 saturated carbocycles. The predicted octanol–water partition coefficient (Wildman–Crippen LogP) is 3.69. The van der Waals surface area contributed by atoms with Crippen molar-refractivity contribution in [2.24, 2.45) is 0 Å². The summed E-state index contributed by atoms with van der Waals surface area (Å²) in [7, 11) is 0. The Morgan fingerprint density at radius 2 is 1.91 bits per heavy atom. The maximum absolute atomic E-state index is 6.49. The van der Waals surface area contributed by atoms with Gasteiger partial charge in [0.25, 0.3) is 0 Å².